The fraction of sp³-hybridized carbons (Fsp3) is 0.609. The maximum absolute atomic E-state index is 5.46. The molecule has 6 heterocycles. The lowest BCUT2D eigenvalue weighted by molar-refractivity contribution is -0.0110. The van der Waals surface area contributed by atoms with Crippen LogP contribution in [0.4, 0.5) is 5.95 Å². The molecule has 0 aliphatic carbocycles. The van der Waals surface area contributed by atoms with Gasteiger partial charge in [-0.1, -0.05) is 0 Å². The Hall–Kier alpha value is -2.23. The second-order valence-corrected chi connectivity index (χ2v) is 9.58. The van der Waals surface area contributed by atoms with Crippen molar-refractivity contribution in [2.75, 3.05) is 57.3 Å². The number of piperidine rings is 3. The van der Waals surface area contributed by atoms with Crippen molar-refractivity contribution in [3.8, 4) is 0 Å². The SMILES string of the molecule is S=C(NCc1ccco1)NC[C@H]1C[C@@H]2CCN1C[C@@H]2CN1CCN(c2ncccn2)CC1. The number of fused-ring (bicyclic) bond motifs is 3. The normalized spacial score (nSPS) is 27.9. The molecule has 2 bridgehead atoms. The van der Waals surface area contributed by atoms with Gasteiger partial charge in [-0.3, -0.25) is 9.80 Å². The van der Waals surface area contributed by atoms with Crippen molar-refractivity contribution in [3.63, 3.8) is 0 Å². The number of furan rings is 1. The van der Waals surface area contributed by atoms with Crippen LogP contribution in [0.2, 0.25) is 0 Å². The highest BCUT2D eigenvalue weighted by Crippen LogP contribution is 2.36. The van der Waals surface area contributed by atoms with Crippen molar-refractivity contribution in [2.24, 2.45) is 11.8 Å². The number of aromatic nitrogens is 2. The van der Waals surface area contributed by atoms with Gasteiger partial charge in [0.15, 0.2) is 5.11 Å². The van der Waals surface area contributed by atoms with Gasteiger partial charge < -0.3 is 20.0 Å². The summed E-state index contributed by atoms with van der Waals surface area (Å²) >= 11 is 5.46. The Labute approximate surface area is 195 Å². The monoisotopic (exact) mass is 455 g/mol. The van der Waals surface area contributed by atoms with E-state index in [4.69, 9.17) is 16.6 Å². The Bertz CT molecular complexity index is 856. The summed E-state index contributed by atoms with van der Waals surface area (Å²) < 4.78 is 5.35. The van der Waals surface area contributed by atoms with Crippen LogP contribution in [0.15, 0.2) is 41.3 Å². The summed E-state index contributed by atoms with van der Waals surface area (Å²) in [6.07, 6.45) is 7.95. The predicted molar refractivity (Wildman–Crippen MR) is 128 cm³/mol. The summed E-state index contributed by atoms with van der Waals surface area (Å²) in [5.74, 6) is 3.37. The van der Waals surface area contributed by atoms with E-state index < -0.39 is 0 Å². The molecule has 4 saturated heterocycles. The standard InChI is InChI=1S/C23H33N7OS/c32-23(27-15-21-3-1-12-31-21)26-14-20-13-18-4-7-30(20)17-19(18)16-28-8-10-29(11-9-28)22-24-5-2-6-25-22/h1-3,5-6,12,18-20H,4,7-11,13-17H2,(H2,26,27,32)/t18-,19-,20+/m0/s1. The first-order valence-corrected chi connectivity index (χ1v) is 12.2. The molecule has 0 spiro atoms. The Morgan fingerprint density at radius 2 is 1.94 bits per heavy atom. The largest absolute Gasteiger partial charge is 0.467 e. The smallest absolute Gasteiger partial charge is 0.225 e. The summed E-state index contributed by atoms with van der Waals surface area (Å²) in [4.78, 5) is 16.4. The van der Waals surface area contributed by atoms with E-state index in [1.165, 1.54) is 32.5 Å². The second kappa shape index (κ2) is 10.1. The van der Waals surface area contributed by atoms with Crippen molar-refractivity contribution in [1.82, 2.24) is 30.4 Å². The molecule has 0 saturated carbocycles. The fourth-order valence-corrected chi connectivity index (χ4v) is 5.59. The number of hydrogen-bond donors (Lipinski definition) is 2. The van der Waals surface area contributed by atoms with Crippen molar-refractivity contribution in [2.45, 2.75) is 25.4 Å². The zero-order valence-electron chi connectivity index (χ0n) is 18.5. The topological polar surface area (TPSA) is 72.7 Å². The third-order valence-electron chi connectivity index (χ3n) is 7.22. The van der Waals surface area contributed by atoms with E-state index in [0.29, 0.717) is 17.7 Å². The quantitative estimate of drug-likeness (QED) is 0.605. The van der Waals surface area contributed by atoms with E-state index >= 15 is 0 Å². The molecule has 4 aliphatic heterocycles. The summed E-state index contributed by atoms with van der Waals surface area (Å²) in [7, 11) is 0. The van der Waals surface area contributed by atoms with E-state index in [9.17, 15) is 0 Å². The number of piperazine rings is 1. The van der Waals surface area contributed by atoms with Crippen molar-refractivity contribution < 1.29 is 4.42 Å². The Balaban J connectivity index is 1.04. The molecule has 0 radical (unpaired) electrons. The molecule has 2 aromatic heterocycles. The maximum atomic E-state index is 5.46. The molecule has 2 N–H and O–H groups in total. The van der Waals surface area contributed by atoms with Crippen LogP contribution in [-0.2, 0) is 6.54 Å². The second-order valence-electron chi connectivity index (χ2n) is 9.17. The molecule has 1 unspecified atom stereocenters. The minimum atomic E-state index is 0.584. The molecule has 32 heavy (non-hydrogen) atoms. The van der Waals surface area contributed by atoms with E-state index in [0.717, 1.165) is 56.3 Å². The van der Waals surface area contributed by atoms with Gasteiger partial charge in [-0.25, -0.2) is 9.97 Å². The fourth-order valence-electron chi connectivity index (χ4n) is 5.44. The molecule has 9 heteroatoms. The third-order valence-corrected chi connectivity index (χ3v) is 7.50. The number of hydrogen-bond acceptors (Lipinski definition) is 7. The van der Waals surface area contributed by atoms with Gasteiger partial charge in [0.05, 0.1) is 12.8 Å². The van der Waals surface area contributed by atoms with Crippen LogP contribution in [-0.4, -0.2) is 83.3 Å². The molecule has 2 aromatic rings. The Morgan fingerprint density at radius 1 is 1.09 bits per heavy atom. The van der Waals surface area contributed by atoms with Crippen LogP contribution in [0, 0.1) is 11.8 Å². The van der Waals surface area contributed by atoms with Crippen LogP contribution < -0.4 is 15.5 Å². The van der Waals surface area contributed by atoms with Crippen molar-refractivity contribution >= 4 is 23.3 Å². The molecule has 172 valence electrons. The highest BCUT2D eigenvalue weighted by Gasteiger charge is 2.40. The van der Waals surface area contributed by atoms with Gasteiger partial charge in [0, 0.05) is 64.2 Å². The van der Waals surface area contributed by atoms with E-state index in [1.807, 2.05) is 30.6 Å². The highest BCUT2D eigenvalue weighted by atomic mass is 32.1. The molecular weight excluding hydrogens is 422 g/mol. The minimum absolute atomic E-state index is 0.584. The van der Waals surface area contributed by atoms with E-state index in [-0.39, 0.29) is 0 Å². The van der Waals surface area contributed by atoms with Crippen LogP contribution >= 0.6 is 12.2 Å². The van der Waals surface area contributed by atoms with Gasteiger partial charge in [0.25, 0.3) is 0 Å². The first-order chi connectivity index (χ1) is 15.7. The lowest BCUT2D eigenvalue weighted by Crippen LogP contribution is -2.59. The van der Waals surface area contributed by atoms with Crippen molar-refractivity contribution in [1.29, 1.82) is 0 Å². The summed E-state index contributed by atoms with van der Waals surface area (Å²) in [5, 5.41) is 7.37. The van der Waals surface area contributed by atoms with Crippen LogP contribution in [0.5, 0.6) is 0 Å². The molecule has 8 nitrogen and oxygen atoms in total. The van der Waals surface area contributed by atoms with Crippen LogP contribution in [0.1, 0.15) is 18.6 Å². The van der Waals surface area contributed by atoms with Crippen molar-refractivity contribution in [3.05, 3.63) is 42.6 Å². The lowest BCUT2D eigenvalue weighted by atomic mass is 9.75. The summed E-state index contributed by atoms with van der Waals surface area (Å²) in [6.45, 7) is 9.42. The number of nitrogens with one attached hydrogen (secondary N) is 2. The third kappa shape index (κ3) is 5.22. The maximum Gasteiger partial charge on any atom is 0.225 e. The zero-order valence-corrected chi connectivity index (χ0v) is 19.3. The van der Waals surface area contributed by atoms with Gasteiger partial charge in [-0.15, -0.1) is 0 Å². The highest BCUT2D eigenvalue weighted by molar-refractivity contribution is 7.80. The minimum Gasteiger partial charge on any atom is -0.467 e. The van der Waals surface area contributed by atoms with E-state index in [1.54, 1.807) is 6.26 Å². The number of rotatable bonds is 7. The van der Waals surface area contributed by atoms with E-state index in [2.05, 4.69) is 35.3 Å². The average molecular weight is 456 g/mol. The van der Waals surface area contributed by atoms with Gasteiger partial charge in [-0.05, 0) is 61.6 Å². The molecule has 0 amide bonds. The number of nitrogens with zero attached hydrogens (tertiary/aromatic N) is 5. The lowest BCUT2D eigenvalue weighted by Gasteiger charge is -2.51. The molecule has 0 aromatic carbocycles. The molecule has 4 fully saturated rings. The molecular formula is C23H33N7OS. The summed E-state index contributed by atoms with van der Waals surface area (Å²) in [6, 6.07) is 6.31. The number of anilines is 1. The van der Waals surface area contributed by atoms with Crippen LogP contribution in [0.3, 0.4) is 0 Å². The molecule has 6 rings (SSSR count). The molecule has 4 aliphatic rings. The predicted octanol–water partition coefficient (Wildman–Crippen LogP) is 1.57. The Morgan fingerprint density at radius 3 is 2.66 bits per heavy atom. The average Bonchev–Trinajstić information content (AvgIpc) is 3.37. The first kappa shape index (κ1) is 21.6. The van der Waals surface area contributed by atoms with Crippen LogP contribution in [0.25, 0.3) is 0 Å². The molecule has 4 atom stereocenters. The summed E-state index contributed by atoms with van der Waals surface area (Å²) in [5.41, 5.74) is 0. The van der Waals surface area contributed by atoms with Gasteiger partial charge in [0.1, 0.15) is 5.76 Å². The Kier molecular flexibility index (Phi) is 6.85. The van der Waals surface area contributed by atoms with Gasteiger partial charge in [0.2, 0.25) is 5.95 Å². The first-order valence-electron chi connectivity index (χ1n) is 11.8. The van der Waals surface area contributed by atoms with Gasteiger partial charge in [-0.2, -0.15) is 0 Å². The van der Waals surface area contributed by atoms with Gasteiger partial charge >= 0.3 is 0 Å². The zero-order chi connectivity index (χ0) is 21.8. The number of thiocarbonyl (C=S) groups is 1.